The molecule has 37 heavy (non-hydrogen) atoms. The van der Waals surface area contributed by atoms with Gasteiger partial charge in [-0.25, -0.2) is 14.4 Å². The first kappa shape index (κ1) is 24.4. The predicted octanol–water partition coefficient (Wildman–Crippen LogP) is 3.11. The largest absolute Gasteiger partial charge is 0.489 e. The van der Waals surface area contributed by atoms with Crippen LogP contribution in [0.2, 0.25) is 0 Å². The summed E-state index contributed by atoms with van der Waals surface area (Å²) in [5, 5.41) is 14.1. The minimum absolute atomic E-state index is 0.000534. The highest BCUT2D eigenvalue weighted by Crippen LogP contribution is 2.45. The molecule has 0 saturated carbocycles. The number of carbonyl (C=O) groups excluding carboxylic acids is 2. The number of fused-ring (bicyclic) bond motifs is 2. The van der Waals surface area contributed by atoms with E-state index in [4.69, 9.17) is 14.9 Å². The summed E-state index contributed by atoms with van der Waals surface area (Å²) in [6, 6.07) is 12.1. The van der Waals surface area contributed by atoms with Gasteiger partial charge < -0.3 is 25.3 Å². The van der Waals surface area contributed by atoms with Gasteiger partial charge in [-0.05, 0) is 62.4 Å². The van der Waals surface area contributed by atoms with Crippen LogP contribution in [0.25, 0.3) is 22.4 Å². The zero-order valence-corrected chi connectivity index (χ0v) is 20.5. The van der Waals surface area contributed by atoms with Gasteiger partial charge in [-0.3, -0.25) is 9.59 Å². The van der Waals surface area contributed by atoms with E-state index in [-0.39, 0.29) is 18.8 Å². The fourth-order valence-corrected chi connectivity index (χ4v) is 4.29. The maximum Gasteiger partial charge on any atom is 0.251 e. The van der Waals surface area contributed by atoms with Crippen molar-refractivity contribution in [2.75, 3.05) is 13.2 Å². The number of hydrogen-bond donors (Lipinski definition) is 3. The molecule has 2 atom stereocenters. The minimum Gasteiger partial charge on any atom is -0.489 e. The van der Waals surface area contributed by atoms with Crippen LogP contribution in [0.1, 0.15) is 41.4 Å². The molecule has 0 bridgehead atoms. The van der Waals surface area contributed by atoms with E-state index in [1.165, 1.54) is 31.2 Å². The fourth-order valence-electron chi connectivity index (χ4n) is 4.29. The number of amides is 2. The SMILES string of the molecule is Cc1nc2ccc(C(=O)NC[C@](C)(O)c3cc4c(c(-c5ccc(F)cc5)n3)OC[C@]4(C)C(N)=O)cc2o1. The molecular weight excluding hydrogens is 479 g/mol. The zero-order valence-electron chi connectivity index (χ0n) is 20.5. The lowest BCUT2D eigenvalue weighted by atomic mass is 9.82. The molecule has 10 heteroatoms. The number of hydrogen-bond acceptors (Lipinski definition) is 7. The summed E-state index contributed by atoms with van der Waals surface area (Å²) in [7, 11) is 0. The number of aliphatic hydroxyl groups is 1. The third kappa shape index (κ3) is 4.29. The lowest BCUT2D eigenvalue weighted by molar-refractivity contribution is -0.123. The van der Waals surface area contributed by atoms with Gasteiger partial charge in [0, 0.05) is 23.6 Å². The van der Waals surface area contributed by atoms with Gasteiger partial charge in [0.15, 0.2) is 11.5 Å². The van der Waals surface area contributed by atoms with Crippen LogP contribution in [-0.4, -0.2) is 40.0 Å². The van der Waals surface area contributed by atoms with Gasteiger partial charge in [-0.15, -0.1) is 0 Å². The van der Waals surface area contributed by atoms with Gasteiger partial charge in [-0.1, -0.05) is 0 Å². The second kappa shape index (κ2) is 8.67. The van der Waals surface area contributed by atoms with Crippen LogP contribution in [-0.2, 0) is 15.8 Å². The molecule has 190 valence electrons. The number of primary amides is 1. The molecule has 4 N–H and O–H groups in total. The number of aromatic nitrogens is 2. The van der Waals surface area contributed by atoms with E-state index >= 15 is 0 Å². The fraction of sp³-hybridized carbons (Fsp3) is 0.259. The second-order valence-corrected chi connectivity index (χ2v) is 9.60. The molecule has 5 rings (SSSR count). The average Bonchev–Trinajstić information content (AvgIpc) is 3.41. The van der Waals surface area contributed by atoms with Crippen molar-refractivity contribution in [1.29, 1.82) is 0 Å². The van der Waals surface area contributed by atoms with Gasteiger partial charge in [0.1, 0.15) is 40.4 Å². The molecule has 0 saturated heterocycles. The van der Waals surface area contributed by atoms with E-state index in [0.717, 1.165) is 0 Å². The van der Waals surface area contributed by atoms with E-state index in [1.807, 2.05) is 0 Å². The topological polar surface area (TPSA) is 141 Å². The highest BCUT2D eigenvalue weighted by molar-refractivity contribution is 5.97. The quantitative estimate of drug-likeness (QED) is 0.366. The Morgan fingerprint density at radius 2 is 1.92 bits per heavy atom. The van der Waals surface area contributed by atoms with Gasteiger partial charge in [0.2, 0.25) is 5.91 Å². The molecule has 0 spiro atoms. The highest BCUT2D eigenvalue weighted by Gasteiger charge is 2.45. The maximum atomic E-state index is 13.6. The van der Waals surface area contributed by atoms with Gasteiger partial charge in [-0.2, -0.15) is 0 Å². The first-order chi connectivity index (χ1) is 17.5. The summed E-state index contributed by atoms with van der Waals surface area (Å²) in [5.74, 6) is -0.622. The van der Waals surface area contributed by atoms with Crippen molar-refractivity contribution in [3.63, 3.8) is 0 Å². The molecule has 0 aliphatic carbocycles. The first-order valence-corrected chi connectivity index (χ1v) is 11.6. The van der Waals surface area contributed by atoms with E-state index in [2.05, 4.69) is 15.3 Å². The molecule has 0 fully saturated rings. The molecule has 0 radical (unpaired) electrons. The summed E-state index contributed by atoms with van der Waals surface area (Å²) in [4.78, 5) is 34.0. The van der Waals surface area contributed by atoms with Crippen molar-refractivity contribution in [3.8, 4) is 17.0 Å². The van der Waals surface area contributed by atoms with E-state index < -0.39 is 28.6 Å². The van der Waals surface area contributed by atoms with Crippen LogP contribution < -0.4 is 15.8 Å². The predicted molar refractivity (Wildman–Crippen MR) is 132 cm³/mol. The lowest BCUT2D eigenvalue weighted by Crippen LogP contribution is -2.41. The van der Waals surface area contributed by atoms with Crippen LogP contribution in [0.4, 0.5) is 4.39 Å². The number of carbonyl (C=O) groups is 2. The molecule has 2 aromatic carbocycles. The van der Waals surface area contributed by atoms with Crippen LogP contribution in [0.15, 0.2) is 52.9 Å². The Morgan fingerprint density at radius 3 is 2.62 bits per heavy atom. The van der Waals surface area contributed by atoms with Crippen molar-refractivity contribution >= 4 is 22.9 Å². The minimum atomic E-state index is -1.65. The Morgan fingerprint density at radius 1 is 1.19 bits per heavy atom. The monoisotopic (exact) mass is 504 g/mol. The zero-order chi connectivity index (χ0) is 26.5. The van der Waals surface area contributed by atoms with Crippen molar-refractivity contribution < 1.29 is 28.2 Å². The Labute approximate surface area is 211 Å². The van der Waals surface area contributed by atoms with E-state index in [9.17, 15) is 19.1 Å². The van der Waals surface area contributed by atoms with Crippen molar-refractivity contribution in [3.05, 3.63) is 77.1 Å². The average molecular weight is 505 g/mol. The third-order valence-electron chi connectivity index (χ3n) is 6.64. The number of ether oxygens (including phenoxy) is 1. The number of oxazole rings is 1. The lowest BCUT2D eigenvalue weighted by Gasteiger charge is -2.26. The molecular formula is C27H25FN4O5. The summed E-state index contributed by atoms with van der Waals surface area (Å²) >= 11 is 0. The standard InChI is InChI=1S/C27H25FN4O5/c1-14-31-19-9-6-16(10-20(19)37-14)24(33)30-12-27(3,35)21-11-18-23(36-13-26(18,2)25(29)34)22(32-21)15-4-7-17(28)8-5-15/h4-11,35H,12-13H2,1-3H3,(H2,29,34)(H,30,33)/t26-,27-/m0/s1. The smallest absolute Gasteiger partial charge is 0.251 e. The number of nitrogens with zero attached hydrogens (tertiary/aromatic N) is 2. The highest BCUT2D eigenvalue weighted by atomic mass is 19.1. The van der Waals surface area contributed by atoms with Gasteiger partial charge >= 0.3 is 0 Å². The maximum absolute atomic E-state index is 13.6. The molecule has 0 unspecified atom stereocenters. The Hall–Kier alpha value is -4.31. The van der Waals surface area contributed by atoms with Crippen molar-refractivity contribution in [2.24, 2.45) is 5.73 Å². The number of aryl methyl sites for hydroxylation is 1. The van der Waals surface area contributed by atoms with Crippen LogP contribution in [0, 0.1) is 12.7 Å². The Balaban J connectivity index is 1.49. The van der Waals surface area contributed by atoms with Crippen LogP contribution in [0.3, 0.4) is 0 Å². The molecule has 3 heterocycles. The van der Waals surface area contributed by atoms with Crippen molar-refractivity contribution in [1.82, 2.24) is 15.3 Å². The molecule has 1 aliphatic rings. The number of pyridine rings is 1. The van der Waals surface area contributed by atoms with E-state index in [0.29, 0.717) is 45.1 Å². The van der Waals surface area contributed by atoms with Crippen molar-refractivity contribution in [2.45, 2.75) is 31.8 Å². The van der Waals surface area contributed by atoms with E-state index in [1.54, 1.807) is 38.1 Å². The molecule has 1 aliphatic heterocycles. The number of halogens is 1. The van der Waals surface area contributed by atoms with Gasteiger partial charge in [0.25, 0.3) is 5.91 Å². The summed E-state index contributed by atoms with van der Waals surface area (Å²) in [6.45, 7) is 4.67. The normalized spacial score (nSPS) is 18.2. The van der Waals surface area contributed by atoms with Crippen LogP contribution >= 0.6 is 0 Å². The van der Waals surface area contributed by atoms with Gasteiger partial charge in [0.05, 0.1) is 12.2 Å². The summed E-state index contributed by atoms with van der Waals surface area (Å²) < 4.78 is 24.9. The molecule has 9 nitrogen and oxygen atoms in total. The molecule has 2 aromatic heterocycles. The Bertz CT molecular complexity index is 1550. The number of rotatable bonds is 6. The summed E-state index contributed by atoms with van der Waals surface area (Å²) in [5.41, 5.74) is 5.85. The van der Waals surface area contributed by atoms with Crippen LogP contribution in [0.5, 0.6) is 5.75 Å². The second-order valence-electron chi connectivity index (χ2n) is 9.60. The first-order valence-electron chi connectivity index (χ1n) is 11.6. The molecule has 4 aromatic rings. The number of nitrogens with two attached hydrogens (primary N) is 1. The Kier molecular flexibility index (Phi) is 5.71. The third-order valence-corrected chi connectivity index (χ3v) is 6.64. The summed E-state index contributed by atoms with van der Waals surface area (Å²) in [6.07, 6.45) is 0. The number of nitrogens with one attached hydrogen (secondary N) is 1. The molecule has 2 amide bonds. The number of benzene rings is 2.